The van der Waals surface area contributed by atoms with Gasteiger partial charge in [-0.05, 0) is 18.2 Å². The monoisotopic (exact) mass is 411 g/mol. The van der Waals surface area contributed by atoms with Crippen LogP contribution in [0.25, 0.3) is 5.52 Å². The summed E-state index contributed by atoms with van der Waals surface area (Å²) in [6.45, 7) is 4.34. The van der Waals surface area contributed by atoms with Gasteiger partial charge in [-0.25, -0.2) is 9.50 Å². The number of amides is 1. The van der Waals surface area contributed by atoms with Gasteiger partial charge < -0.3 is 14.3 Å². The molecule has 0 aromatic carbocycles. The number of aromatic amines is 1. The van der Waals surface area contributed by atoms with Gasteiger partial charge >= 0.3 is 11.8 Å². The number of nitrogens with one attached hydrogen (secondary N) is 1. The highest BCUT2D eigenvalue weighted by atomic mass is 35.5. The van der Waals surface area contributed by atoms with Crippen molar-refractivity contribution in [3.05, 3.63) is 64.6 Å². The second-order valence-electron chi connectivity index (χ2n) is 7.27. The second-order valence-corrected chi connectivity index (χ2v) is 7.66. The van der Waals surface area contributed by atoms with Gasteiger partial charge in [0.15, 0.2) is 0 Å². The standard InChI is InChI=1S/C19H18ClN7O2/c1-10(2)17-23-24-18(29-17)19(28)26-7-6-12-15(22-9-21-12)16(26)13-8-11-4-3-5-14(20)27(11)25-13/h3-5,8-10,16H,6-7H2,1-2H3,(H,21,22)/t16-/m1/s1. The quantitative estimate of drug-likeness (QED) is 0.519. The highest BCUT2D eigenvalue weighted by molar-refractivity contribution is 6.29. The number of carbonyl (C=O) groups is 1. The van der Waals surface area contributed by atoms with E-state index in [1.54, 1.807) is 21.8 Å². The zero-order chi connectivity index (χ0) is 20.1. The molecule has 1 N–H and O–H groups in total. The average Bonchev–Trinajstić information content (AvgIpc) is 3.44. The number of H-pyrrole nitrogens is 1. The van der Waals surface area contributed by atoms with Crippen LogP contribution in [0.3, 0.4) is 0 Å². The van der Waals surface area contributed by atoms with Gasteiger partial charge in [0.2, 0.25) is 5.89 Å². The van der Waals surface area contributed by atoms with Gasteiger partial charge in [-0.15, -0.1) is 10.2 Å². The van der Waals surface area contributed by atoms with Crippen molar-refractivity contribution in [2.75, 3.05) is 6.54 Å². The molecule has 1 aliphatic rings. The SMILES string of the molecule is CC(C)c1nnc(C(=O)N2CCc3[nH]cnc3[C@H]2c2cc3cccc(Cl)n3n2)o1. The van der Waals surface area contributed by atoms with Gasteiger partial charge in [-0.3, -0.25) is 4.79 Å². The number of halogens is 1. The molecule has 1 atom stereocenters. The minimum absolute atomic E-state index is 0.0283. The molecule has 9 nitrogen and oxygen atoms in total. The van der Waals surface area contributed by atoms with Crippen LogP contribution in [0.15, 0.2) is 35.0 Å². The largest absolute Gasteiger partial charge is 0.417 e. The van der Waals surface area contributed by atoms with Crippen molar-refractivity contribution in [3.63, 3.8) is 0 Å². The van der Waals surface area contributed by atoms with E-state index in [9.17, 15) is 4.79 Å². The molecular formula is C19H18ClN7O2. The number of nitrogens with zero attached hydrogens (tertiary/aromatic N) is 6. The predicted octanol–water partition coefficient (Wildman–Crippen LogP) is 3.01. The van der Waals surface area contributed by atoms with Crippen molar-refractivity contribution >= 4 is 23.0 Å². The number of carbonyl (C=O) groups excluding carboxylic acids is 1. The lowest BCUT2D eigenvalue weighted by Crippen LogP contribution is -2.41. The molecule has 0 bridgehead atoms. The Hall–Kier alpha value is -3.20. The molecule has 5 rings (SSSR count). The van der Waals surface area contributed by atoms with Crippen LogP contribution in [0.4, 0.5) is 0 Å². The highest BCUT2D eigenvalue weighted by Gasteiger charge is 2.38. The lowest BCUT2D eigenvalue weighted by Gasteiger charge is -2.32. The summed E-state index contributed by atoms with van der Waals surface area (Å²) in [5, 5.41) is 13.1. The van der Waals surface area contributed by atoms with Crippen LogP contribution in [-0.4, -0.2) is 47.1 Å². The van der Waals surface area contributed by atoms with Crippen LogP contribution in [-0.2, 0) is 6.42 Å². The average molecular weight is 412 g/mol. The molecular weight excluding hydrogens is 394 g/mol. The number of rotatable bonds is 3. The van der Waals surface area contributed by atoms with Gasteiger partial charge in [0.05, 0.1) is 23.2 Å². The number of aromatic nitrogens is 6. The molecule has 1 aliphatic heterocycles. The Bertz CT molecular complexity index is 1210. The van der Waals surface area contributed by atoms with E-state index in [1.165, 1.54) is 0 Å². The molecule has 0 aliphatic carbocycles. The Morgan fingerprint density at radius 2 is 2.21 bits per heavy atom. The maximum Gasteiger partial charge on any atom is 0.312 e. The zero-order valence-corrected chi connectivity index (χ0v) is 16.6. The first kappa shape index (κ1) is 17.9. The van der Waals surface area contributed by atoms with E-state index < -0.39 is 6.04 Å². The Balaban J connectivity index is 1.60. The molecule has 148 valence electrons. The summed E-state index contributed by atoms with van der Waals surface area (Å²) in [5.74, 6) is 0.104. The minimum atomic E-state index is -0.483. The molecule has 0 saturated carbocycles. The molecule has 4 aromatic heterocycles. The van der Waals surface area contributed by atoms with Crippen molar-refractivity contribution in [1.82, 2.24) is 34.7 Å². The van der Waals surface area contributed by atoms with Crippen LogP contribution < -0.4 is 0 Å². The molecule has 0 radical (unpaired) electrons. The van der Waals surface area contributed by atoms with E-state index in [-0.39, 0.29) is 17.7 Å². The fourth-order valence-electron chi connectivity index (χ4n) is 3.61. The summed E-state index contributed by atoms with van der Waals surface area (Å²) in [6.07, 6.45) is 2.29. The third-order valence-electron chi connectivity index (χ3n) is 5.04. The number of fused-ring (bicyclic) bond motifs is 2. The smallest absolute Gasteiger partial charge is 0.312 e. The fourth-order valence-corrected chi connectivity index (χ4v) is 3.82. The summed E-state index contributed by atoms with van der Waals surface area (Å²) in [5.41, 5.74) is 3.24. The predicted molar refractivity (Wildman–Crippen MR) is 104 cm³/mol. The van der Waals surface area contributed by atoms with E-state index in [4.69, 9.17) is 16.0 Å². The number of hydrogen-bond acceptors (Lipinski definition) is 6. The summed E-state index contributed by atoms with van der Waals surface area (Å²) >= 11 is 6.28. The Morgan fingerprint density at radius 1 is 1.34 bits per heavy atom. The molecule has 0 saturated heterocycles. The maximum absolute atomic E-state index is 13.3. The molecule has 1 amide bonds. The molecule has 0 spiro atoms. The first-order chi connectivity index (χ1) is 14.0. The molecule has 0 unspecified atom stereocenters. The van der Waals surface area contributed by atoms with Crippen molar-refractivity contribution in [1.29, 1.82) is 0 Å². The molecule has 5 heterocycles. The van der Waals surface area contributed by atoms with Crippen molar-refractivity contribution < 1.29 is 9.21 Å². The third-order valence-corrected chi connectivity index (χ3v) is 5.33. The molecule has 29 heavy (non-hydrogen) atoms. The number of pyridine rings is 1. The van der Waals surface area contributed by atoms with Crippen LogP contribution in [0.5, 0.6) is 0 Å². The lowest BCUT2D eigenvalue weighted by molar-refractivity contribution is 0.0643. The number of hydrogen-bond donors (Lipinski definition) is 1. The van der Waals surface area contributed by atoms with E-state index >= 15 is 0 Å². The minimum Gasteiger partial charge on any atom is -0.417 e. The van der Waals surface area contributed by atoms with Gasteiger partial charge in [0, 0.05) is 24.6 Å². The topological polar surface area (TPSA) is 105 Å². The summed E-state index contributed by atoms with van der Waals surface area (Å²) in [6, 6.07) is 6.96. The summed E-state index contributed by atoms with van der Waals surface area (Å²) in [4.78, 5) is 22.6. The van der Waals surface area contributed by atoms with E-state index in [0.29, 0.717) is 29.7 Å². The highest BCUT2D eigenvalue weighted by Crippen LogP contribution is 2.34. The van der Waals surface area contributed by atoms with Crippen molar-refractivity contribution in [2.24, 2.45) is 0 Å². The Labute approximate surface area is 170 Å². The number of imidazole rings is 1. The molecule has 4 aromatic rings. The van der Waals surface area contributed by atoms with Gasteiger partial charge in [0.25, 0.3) is 0 Å². The maximum atomic E-state index is 13.3. The first-order valence-electron chi connectivity index (χ1n) is 9.33. The fraction of sp³-hybridized carbons (Fsp3) is 0.316. The molecule has 0 fully saturated rings. The van der Waals surface area contributed by atoms with Gasteiger partial charge in [-0.2, -0.15) is 5.10 Å². The van der Waals surface area contributed by atoms with Crippen LogP contribution in [0, 0.1) is 0 Å². The van der Waals surface area contributed by atoms with Crippen LogP contribution in [0.2, 0.25) is 5.15 Å². The van der Waals surface area contributed by atoms with E-state index in [2.05, 4.69) is 25.3 Å². The zero-order valence-electron chi connectivity index (χ0n) is 15.8. The Kier molecular flexibility index (Phi) is 4.13. The summed E-state index contributed by atoms with van der Waals surface area (Å²) in [7, 11) is 0. The van der Waals surface area contributed by atoms with Gasteiger partial charge in [-0.1, -0.05) is 31.5 Å². The van der Waals surface area contributed by atoms with Crippen molar-refractivity contribution in [2.45, 2.75) is 32.2 Å². The van der Waals surface area contributed by atoms with Gasteiger partial charge in [0.1, 0.15) is 11.2 Å². The third kappa shape index (κ3) is 2.89. The van der Waals surface area contributed by atoms with E-state index in [0.717, 1.165) is 16.9 Å². The second kappa shape index (κ2) is 6.70. The van der Waals surface area contributed by atoms with Crippen molar-refractivity contribution in [3.8, 4) is 0 Å². The molecule has 10 heteroatoms. The van der Waals surface area contributed by atoms with Crippen LogP contribution >= 0.6 is 11.6 Å². The van der Waals surface area contributed by atoms with E-state index in [1.807, 2.05) is 32.0 Å². The van der Waals surface area contributed by atoms with Crippen LogP contribution in [0.1, 0.15) is 59.5 Å². The normalized spacial score (nSPS) is 16.6. The summed E-state index contributed by atoms with van der Waals surface area (Å²) < 4.78 is 7.25. The Morgan fingerprint density at radius 3 is 2.97 bits per heavy atom. The lowest BCUT2D eigenvalue weighted by atomic mass is 9.99. The first-order valence-corrected chi connectivity index (χ1v) is 9.71.